The summed E-state index contributed by atoms with van der Waals surface area (Å²) in [4.78, 5) is 8.14. The van der Waals surface area contributed by atoms with Crippen molar-refractivity contribution in [1.82, 2.24) is 25.0 Å². The van der Waals surface area contributed by atoms with Crippen LogP contribution in [0.2, 0.25) is 0 Å². The van der Waals surface area contributed by atoms with Crippen molar-refractivity contribution in [2.45, 2.75) is 25.4 Å². The van der Waals surface area contributed by atoms with Crippen LogP contribution in [0.25, 0.3) is 10.9 Å². The zero-order chi connectivity index (χ0) is 28.3. The summed E-state index contributed by atoms with van der Waals surface area (Å²) in [5, 5.41) is 35.2. The molecule has 3 heterocycles. The molecule has 39 heavy (non-hydrogen) atoms. The van der Waals surface area contributed by atoms with Gasteiger partial charge in [-0.2, -0.15) is 14.9 Å². The number of nitrogens with one attached hydrogen (secondary N) is 2. The number of rotatable bonds is 8. The van der Waals surface area contributed by atoms with Crippen LogP contribution in [0.15, 0.2) is 73.2 Å². The fourth-order valence-corrected chi connectivity index (χ4v) is 4.40. The van der Waals surface area contributed by atoms with Crippen LogP contribution in [0.3, 0.4) is 0 Å². The Kier molecular flexibility index (Phi) is 6.74. The maximum atomic E-state index is 13.7. The van der Waals surface area contributed by atoms with Crippen LogP contribution in [0.1, 0.15) is 54.7 Å². The number of anilines is 2. The number of nitriles is 2. The van der Waals surface area contributed by atoms with Gasteiger partial charge in [0.2, 0.25) is 5.95 Å². The molecule has 0 aliphatic rings. The molecule has 2 aromatic carbocycles. The van der Waals surface area contributed by atoms with E-state index in [1.807, 2.05) is 37.3 Å². The van der Waals surface area contributed by atoms with Gasteiger partial charge < -0.3 is 10.6 Å². The molecule has 0 fully saturated rings. The molecular weight excluding hydrogens is 493 g/mol. The number of hydrogen-bond donors (Lipinski definition) is 2. The largest absolute Gasteiger partial charge is 0.377 e. The summed E-state index contributed by atoms with van der Waals surface area (Å²) >= 11 is 0. The quantitative estimate of drug-likeness (QED) is 0.261. The Morgan fingerprint density at radius 2 is 1.79 bits per heavy atom. The molecule has 0 radical (unpaired) electrons. The maximum Gasteiger partial charge on any atom is 0.212 e. The second-order valence-electron chi connectivity index (χ2n) is 8.85. The second kappa shape index (κ2) is 11.0. The molecular formula is C29H24FN9. The molecule has 0 aliphatic carbocycles. The number of benzene rings is 2. The van der Waals surface area contributed by atoms with E-state index in [1.165, 1.54) is 23.1 Å². The van der Waals surface area contributed by atoms with E-state index in [1.54, 1.807) is 25.4 Å². The van der Waals surface area contributed by atoms with Gasteiger partial charge in [0, 0.05) is 30.5 Å². The molecule has 2 atom stereocenters. The van der Waals surface area contributed by atoms with Crippen molar-refractivity contribution in [3.05, 3.63) is 107 Å². The van der Waals surface area contributed by atoms with Crippen LogP contribution in [0.4, 0.5) is 15.8 Å². The van der Waals surface area contributed by atoms with Gasteiger partial charge in [0.25, 0.3) is 0 Å². The SMILES string of the molecule is [2H]C(Nc1cc(C#N)c2ncc(C#N)c(N[C@H](CC)c3ccccc3)c2c1)(c1ccc(F)nc1)c1cn(C)nn1. The van der Waals surface area contributed by atoms with E-state index >= 15 is 0 Å². The molecule has 5 rings (SSSR count). The summed E-state index contributed by atoms with van der Waals surface area (Å²) < 4.78 is 24.5. The number of hydrogen-bond acceptors (Lipinski definition) is 8. The van der Waals surface area contributed by atoms with Crippen molar-refractivity contribution in [2.75, 3.05) is 10.6 Å². The predicted octanol–water partition coefficient (Wildman–Crippen LogP) is 5.41. The molecule has 0 saturated carbocycles. The first-order chi connectivity index (χ1) is 19.4. The molecule has 9 nitrogen and oxygen atoms in total. The third-order valence-corrected chi connectivity index (χ3v) is 6.29. The van der Waals surface area contributed by atoms with E-state index in [2.05, 4.69) is 43.1 Å². The molecule has 0 bridgehead atoms. The summed E-state index contributed by atoms with van der Waals surface area (Å²) in [6.07, 6.45) is 5.02. The first kappa shape index (κ1) is 24.0. The average molecular weight is 519 g/mol. The van der Waals surface area contributed by atoms with Crippen LogP contribution >= 0.6 is 0 Å². The van der Waals surface area contributed by atoms with Crippen LogP contribution in [-0.4, -0.2) is 25.0 Å². The smallest absolute Gasteiger partial charge is 0.212 e. The molecule has 1 unspecified atom stereocenters. The lowest BCUT2D eigenvalue weighted by atomic mass is 10.0. The molecule has 0 aliphatic heterocycles. The first-order valence-corrected chi connectivity index (χ1v) is 12.2. The molecule has 0 spiro atoms. The van der Waals surface area contributed by atoms with Gasteiger partial charge in [0.05, 0.1) is 42.0 Å². The Morgan fingerprint density at radius 3 is 2.44 bits per heavy atom. The normalized spacial score (nSPS) is 13.5. The molecule has 2 N–H and O–H groups in total. The molecule has 0 amide bonds. The summed E-state index contributed by atoms with van der Waals surface area (Å²) in [5.74, 6) is -0.683. The highest BCUT2D eigenvalue weighted by atomic mass is 19.1. The van der Waals surface area contributed by atoms with Crippen molar-refractivity contribution in [2.24, 2.45) is 7.05 Å². The topological polar surface area (TPSA) is 128 Å². The predicted molar refractivity (Wildman–Crippen MR) is 145 cm³/mol. The Morgan fingerprint density at radius 1 is 1.00 bits per heavy atom. The van der Waals surface area contributed by atoms with Gasteiger partial charge in [-0.3, -0.25) is 9.67 Å². The third-order valence-electron chi connectivity index (χ3n) is 6.29. The summed E-state index contributed by atoms with van der Waals surface area (Å²) in [6.45, 7) is 2.04. The zero-order valence-electron chi connectivity index (χ0n) is 22.2. The van der Waals surface area contributed by atoms with Crippen LogP contribution < -0.4 is 10.6 Å². The lowest BCUT2D eigenvalue weighted by Crippen LogP contribution is -2.14. The van der Waals surface area contributed by atoms with E-state index in [4.69, 9.17) is 0 Å². The lowest BCUT2D eigenvalue weighted by molar-refractivity contribution is 0.581. The number of aromatic nitrogens is 5. The van der Waals surface area contributed by atoms with Crippen molar-refractivity contribution in [3.63, 3.8) is 0 Å². The highest BCUT2D eigenvalue weighted by molar-refractivity contribution is 5.99. The highest BCUT2D eigenvalue weighted by Gasteiger charge is 2.21. The summed E-state index contributed by atoms with van der Waals surface area (Å²) in [7, 11) is 1.67. The van der Waals surface area contributed by atoms with Crippen molar-refractivity contribution in [3.8, 4) is 12.1 Å². The monoisotopic (exact) mass is 518 g/mol. The molecule has 10 heteroatoms. The Labute approximate surface area is 226 Å². The van der Waals surface area contributed by atoms with Crippen molar-refractivity contribution in [1.29, 1.82) is 10.5 Å². The Bertz CT molecular complexity index is 1760. The standard InChI is InChI=1S/C29H24FN9/c1-3-24(18-7-5-4-6-8-18)36-28-21(14-32)16-34-27-20(13-31)11-22(12-23(27)28)35-29(25-17-39(2)38-37-25)19-9-10-26(30)33-15-19/h4-12,15-17,24,29,35H,3H2,1-2H3,(H,34,36)/t24-,29?/m1/s1/i29D. The minimum Gasteiger partial charge on any atom is -0.377 e. The van der Waals surface area contributed by atoms with Gasteiger partial charge in [0.1, 0.15) is 17.8 Å². The van der Waals surface area contributed by atoms with Gasteiger partial charge in [0.15, 0.2) is 0 Å². The molecule has 3 aromatic heterocycles. The molecule has 5 aromatic rings. The van der Waals surface area contributed by atoms with Gasteiger partial charge in [-0.25, -0.2) is 4.98 Å². The van der Waals surface area contributed by atoms with E-state index in [0.717, 1.165) is 18.1 Å². The Balaban J connectivity index is 1.67. The van der Waals surface area contributed by atoms with E-state index in [9.17, 15) is 16.3 Å². The summed E-state index contributed by atoms with van der Waals surface area (Å²) in [6, 6.07) is 18.3. The van der Waals surface area contributed by atoms with Crippen molar-refractivity contribution < 1.29 is 5.76 Å². The maximum absolute atomic E-state index is 13.7. The van der Waals surface area contributed by atoms with Crippen LogP contribution in [0.5, 0.6) is 0 Å². The number of aryl methyl sites for hydroxylation is 1. The highest BCUT2D eigenvalue weighted by Crippen LogP contribution is 2.35. The molecule has 0 saturated heterocycles. The van der Waals surface area contributed by atoms with E-state index in [0.29, 0.717) is 33.4 Å². The average Bonchev–Trinajstić information content (AvgIpc) is 3.43. The zero-order valence-corrected chi connectivity index (χ0v) is 21.2. The van der Waals surface area contributed by atoms with E-state index in [-0.39, 0.29) is 17.3 Å². The number of pyridine rings is 2. The lowest BCUT2D eigenvalue weighted by Gasteiger charge is -2.22. The van der Waals surface area contributed by atoms with Gasteiger partial charge in [-0.05, 0) is 35.7 Å². The van der Waals surface area contributed by atoms with Crippen LogP contribution in [-0.2, 0) is 7.05 Å². The fraction of sp³-hybridized carbons (Fsp3) is 0.172. The second-order valence-corrected chi connectivity index (χ2v) is 8.85. The Hall–Kier alpha value is -5.35. The van der Waals surface area contributed by atoms with Gasteiger partial charge >= 0.3 is 0 Å². The van der Waals surface area contributed by atoms with Crippen molar-refractivity contribution >= 4 is 22.3 Å². The first-order valence-electron chi connectivity index (χ1n) is 12.7. The summed E-state index contributed by atoms with van der Waals surface area (Å²) in [5.41, 5.74) is 3.49. The van der Waals surface area contributed by atoms with E-state index < -0.39 is 12.0 Å². The number of fused-ring (bicyclic) bond motifs is 1. The molecule has 192 valence electrons. The minimum atomic E-state index is -1.74. The fourth-order valence-electron chi connectivity index (χ4n) is 4.40. The van der Waals surface area contributed by atoms with Crippen LogP contribution in [0, 0.1) is 28.6 Å². The van der Waals surface area contributed by atoms with Gasteiger partial charge in [-0.15, -0.1) is 5.10 Å². The van der Waals surface area contributed by atoms with Gasteiger partial charge in [-0.1, -0.05) is 48.5 Å². The number of halogens is 1. The number of nitrogens with zero attached hydrogens (tertiary/aromatic N) is 7. The minimum absolute atomic E-state index is 0.110. The third kappa shape index (κ3) is 5.22.